The Morgan fingerprint density at radius 2 is 2.41 bits per heavy atom. The molecule has 2 heterocycles. The SMILES string of the molecule is CCC(CN)CC(=O)N1CCn2ccnc2C1. The van der Waals surface area contributed by atoms with Gasteiger partial charge in [-0.15, -0.1) is 0 Å². The fourth-order valence-electron chi connectivity index (χ4n) is 2.16. The zero-order valence-electron chi connectivity index (χ0n) is 10.3. The second-order valence-electron chi connectivity index (χ2n) is 4.57. The molecule has 2 N–H and O–H groups in total. The largest absolute Gasteiger partial charge is 0.333 e. The molecule has 1 unspecified atom stereocenters. The fraction of sp³-hybridized carbons (Fsp3) is 0.667. The van der Waals surface area contributed by atoms with Crippen LogP contribution in [-0.4, -0.2) is 33.4 Å². The Kier molecular flexibility index (Phi) is 3.78. The van der Waals surface area contributed by atoms with Crippen LogP contribution in [0.5, 0.6) is 0 Å². The van der Waals surface area contributed by atoms with Crippen LogP contribution in [-0.2, 0) is 17.9 Å². The molecule has 0 spiro atoms. The summed E-state index contributed by atoms with van der Waals surface area (Å²) in [6.45, 7) is 4.93. The van der Waals surface area contributed by atoms with Crippen LogP contribution in [0.3, 0.4) is 0 Å². The van der Waals surface area contributed by atoms with Crippen LogP contribution in [0.1, 0.15) is 25.6 Å². The number of carbonyl (C=O) groups is 1. The van der Waals surface area contributed by atoms with Crippen molar-refractivity contribution in [3.05, 3.63) is 18.2 Å². The second-order valence-corrected chi connectivity index (χ2v) is 4.57. The number of nitrogens with zero attached hydrogens (tertiary/aromatic N) is 3. The highest BCUT2D eigenvalue weighted by Gasteiger charge is 2.22. The number of carbonyl (C=O) groups excluding carboxylic acids is 1. The normalized spacial score (nSPS) is 16.7. The van der Waals surface area contributed by atoms with Gasteiger partial charge in [0.2, 0.25) is 5.91 Å². The number of nitrogens with two attached hydrogens (primary N) is 1. The van der Waals surface area contributed by atoms with Crippen molar-refractivity contribution >= 4 is 5.91 Å². The topological polar surface area (TPSA) is 64.2 Å². The van der Waals surface area contributed by atoms with Gasteiger partial charge in [0.25, 0.3) is 0 Å². The number of amides is 1. The summed E-state index contributed by atoms with van der Waals surface area (Å²) in [6.07, 6.45) is 5.28. The summed E-state index contributed by atoms with van der Waals surface area (Å²) >= 11 is 0. The number of hydrogen-bond donors (Lipinski definition) is 1. The van der Waals surface area contributed by atoms with Crippen LogP contribution in [0.2, 0.25) is 0 Å². The number of fused-ring (bicyclic) bond motifs is 1. The van der Waals surface area contributed by atoms with Crippen molar-refractivity contribution in [2.75, 3.05) is 13.1 Å². The van der Waals surface area contributed by atoms with Crippen LogP contribution in [0.25, 0.3) is 0 Å². The molecule has 0 bridgehead atoms. The van der Waals surface area contributed by atoms with Gasteiger partial charge in [0.1, 0.15) is 5.82 Å². The molecule has 0 fully saturated rings. The van der Waals surface area contributed by atoms with Gasteiger partial charge in [-0.1, -0.05) is 13.3 Å². The minimum Gasteiger partial charge on any atom is -0.333 e. The van der Waals surface area contributed by atoms with Gasteiger partial charge >= 0.3 is 0 Å². The first-order valence-electron chi connectivity index (χ1n) is 6.22. The summed E-state index contributed by atoms with van der Waals surface area (Å²) in [4.78, 5) is 18.2. The Bertz CT molecular complexity index is 384. The smallest absolute Gasteiger partial charge is 0.223 e. The van der Waals surface area contributed by atoms with Crippen molar-refractivity contribution in [2.45, 2.75) is 32.9 Å². The van der Waals surface area contributed by atoms with Crippen molar-refractivity contribution in [3.63, 3.8) is 0 Å². The van der Waals surface area contributed by atoms with Crippen LogP contribution in [0, 0.1) is 5.92 Å². The lowest BCUT2D eigenvalue weighted by atomic mass is 10.0. The lowest BCUT2D eigenvalue weighted by Gasteiger charge is -2.28. The van der Waals surface area contributed by atoms with E-state index in [4.69, 9.17) is 5.73 Å². The molecule has 0 saturated heterocycles. The highest BCUT2D eigenvalue weighted by Crippen LogP contribution is 2.14. The van der Waals surface area contributed by atoms with E-state index in [1.54, 1.807) is 6.20 Å². The van der Waals surface area contributed by atoms with Gasteiger partial charge in [0.15, 0.2) is 0 Å². The number of aromatic nitrogens is 2. The molecule has 1 aromatic rings. The van der Waals surface area contributed by atoms with E-state index in [9.17, 15) is 4.79 Å². The van der Waals surface area contributed by atoms with Gasteiger partial charge in [0.05, 0.1) is 6.54 Å². The molecule has 1 aliphatic rings. The first-order valence-corrected chi connectivity index (χ1v) is 6.22. The minimum atomic E-state index is 0.205. The van der Waals surface area contributed by atoms with E-state index in [0.29, 0.717) is 25.4 Å². The molecule has 0 aromatic carbocycles. The predicted molar refractivity (Wildman–Crippen MR) is 65.1 cm³/mol. The van der Waals surface area contributed by atoms with Gasteiger partial charge in [-0.05, 0) is 12.5 Å². The summed E-state index contributed by atoms with van der Waals surface area (Å²) < 4.78 is 2.10. The average molecular weight is 236 g/mol. The number of imidazole rings is 1. The van der Waals surface area contributed by atoms with Crippen LogP contribution in [0.4, 0.5) is 0 Å². The van der Waals surface area contributed by atoms with E-state index in [1.807, 2.05) is 11.1 Å². The Morgan fingerprint density at radius 1 is 1.59 bits per heavy atom. The van der Waals surface area contributed by atoms with Gasteiger partial charge in [0, 0.05) is 31.9 Å². The van der Waals surface area contributed by atoms with Crippen molar-refractivity contribution in [3.8, 4) is 0 Å². The summed E-state index contributed by atoms with van der Waals surface area (Å²) in [6, 6.07) is 0. The number of rotatable bonds is 4. The monoisotopic (exact) mass is 236 g/mol. The standard InChI is InChI=1S/C12H20N4O/c1-2-10(8-13)7-12(17)16-6-5-15-4-3-14-11(15)9-16/h3-4,10H,2,5-9,13H2,1H3. The Hall–Kier alpha value is -1.36. The van der Waals surface area contributed by atoms with Crippen molar-refractivity contribution in [2.24, 2.45) is 11.7 Å². The summed E-state index contributed by atoms with van der Waals surface area (Å²) in [7, 11) is 0. The molecule has 5 nitrogen and oxygen atoms in total. The zero-order chi connectivity index (χ0) is 12.3. The van der Waals surface area contributed by atoms with Crippen LogP contribution < -0.4 is 5.73 Å². The molecule has 0 radical (unpaired) electrons. The quantitative estimate of drug-likeness (QED) is 0.832. The Morgan fingerprint density at radius 3 is 3.12 bits per heavy atom. The lowest BCUT2D eigenvalue weighted by Crippen LogP contribution is -2.39. The van der Waals surface area contributed by atoms with Gasteiger partial charge in [-0.25, -0.2) is 4.98 Å². The third-order valence-corrected chi connectivity index (χ3v) is 3.47. The van der Waals surface area contributed by atoms with E-state index in [1.165, 1.54) is 0 Å². The van der Waals surface area contributed by atoms with Gasteiger partial charge < -0.3 is 15.2 Å². The highest BCUT2D eigenvalue weighted by molar-refractivity contribution is 5.76. The van der Waals surface area contributed by atoms with E-state index >= 15 is 0 Å². The molecule has 0 aliphatic carbocycles. The van der Waals surface area contributed by atoms with Gasteiger partial charge in [-0.2, -0.15) is 0 Å². The first-order chi connectivity index (χ1) is 8.24. The van der Waals surface area contributed by atoms with Crippen LogP contribution >= 0.6 is 0 Å². The number of hydrogen-bond acceptors (Lipinski definition) is 3. The molecule has 1 aromatic heterocycles. The second kappa shape index (κ2) is 5.31. The molecule has 2 rings (SSSR count). The molecule has 94 valence electrons. The molecule has 0 saturated carbocycles. The molecule has 17 heavy (non-hydrogen) atoms. The maximum absolute atomic E-state index is 12.1. The summed E-state index contributed by atoms with van der Waals surface area (Å²) in [5.74, 6) is 1.49. The average Bonchev–Trinajstić information content (AvgIpc) is 2.82. The minimum absolute atomic E-state index is 0.205. The maximum Gasteiger partial charge on any atom is 0.223 e. The van der Waals surface area contributed by atoms with Gasteiger partial charge in [-0.3, -0.25) is 4.79 Å². The highest BCUT2D eigenvalue weighted by atomic mass is 16.2. The Balaban J connectivity index is 1.94. The summed E-state index contributed by atoms with van der Waals surface area (Å²) in [5, 5.41) is 0. The van der Waals surface area contributed by atoms with E-state index in [2.05, 4.69) is 16.5 Å². The van der Waals surface area contributed by atoms with Crippen molar-refractivity contribution < 1.29 is 4.79 Å². The van der Waals surface area contributed by atoms with Crippen LogP contribution in [0.15, 0.2) is 12.4 Å². The molecular formula is C12H20N4O. The molecule has 1 aliphatic heterocycles. The first kappa shape index (κ1) is 12.1. The fourth-order valence-corrected chi connectivity index (χ4v) is 2.16. The molecule has 1 atom stereocenters. The maximum atomic E-state index is 12.1. The van der Waals surface area contributed by atoms with E-state index in [-0.39, 0.29) is 5.91 Å². The van der Waals surface area contributed by atoms with E-state index in [0.717, 1.165) is 25.3 Å². The Labute approximate surface area is 102 Å². The molecule has 5 heteroatoms. The third kappa shape index (κ3) is 2.66. The zero-order valence-corrected chi connectivity index (χ0v) is 10.3. The van der Waals surface area contributed by atoms with Crippen molar-refractivity contribution in [1.82, 2.24) is 14.5 Å². The summed E-state index contributed by atoms with van der Waals surface area (Å²) in [5.41, 5.74) is 5.63. The third-order valence-electron chi connectivity index (χ3n) is 3.47. The lowest BCUT2D eigenvalue weighted by molar-refractivity contribution is -0.133. The molecule has 1 amide bonds. The van der Waals surface area contributed by atoms with Crippen molar-refractivity contribution in [1.29, 1.82) is 0 Å². The molecular weight excluding hydrogens is 216 g/mol. The van der Waals surface area contributed by atoms with E-state index < -0.39 is 0 Å². The predicted octanol–water partition coefficient (Wildman–Crippen LogP) is 0.600.